The highest BCUT2D eigenvalue weighted by molar-refractivity contribution is 5.77. The summed E-state index contributed by atoms with van der Waals surface area (Å²) in [4.78, 5) is 28.7. The molecule has 3 heterocycles. The molecule has 2 aromatic rings. The van der Waals surface area contributed by atoms with E-state index in [-0.39, 0.29) is 17.6 Å². The average molecular weight is 341 g/mol. The van der Waals surface area contributed by atoms with Crippen LogP contribution >= 0.6 is 0 Å². The van der Waals surface area contributed by atoms with Gasteiger partial charge in [-0.05, 0) is 24.0 Å². The van der Waals surface area contributed by atoms with Crippen molar-refractivity contribution in [3.8, 4) is 0 Å². The number of aromatic amines is 2. The Labute approximate surface area is 145 Å². The summed E-state index contributed by atoms with van der Waals surface area (Å²) in [5.41, 5.74) is 2.15. The Kier molecular flexibility index (Phi) is 4.17. The third kappa shape index (κ3) is 3.00. The molecule has 0 unspecified atom stereocenters. The Bertz CT molecular complexity index is 827. The fraction of sp³-hybridized carbons (Fsp3) is 0.500. The number of carbonyl (C=O) groups excluding carboxylic acids is 1. The normalized spacial score (nSPS) is 25.3. The largest absolute Gasteiger partial charge is 0.340 e. The van der Waals surface area contributed by atoms with E-state index in [0.29, 0.717) is 30.5 Å². The second-order valence-corrected chi connectivity index (χ2v) is 7.05. The second-order valence-electron chi connectivity index (χ2n) is 7.05. The fourth-order valence-electron chi connectivity index (χ4n) is 4.29. The zero-order chi connectivity index (χ0) is 17.4. The first-order valence-corrected chi connectivity index (χ1v) is 8.83. The van der Waals surface area contributed by atoms with Crippen molar-refractivity contribution in [1.29, 1.82) is 0 Å². The predicted molar refractivity (Wildman–Crippen MR) is 93.0 cm³/mol. The predicted octanol–water partition coefficient (Wildman–Crippen LogP) is 0.758. The highest BCUT2D eigenvalue weighted by atomic mass is 16.2. The second kappa shape index (κ2) is 6.48. The number of nitrogens with zero attached hydrogens (tertiary/aromatic N) is 2. The monoisotopic (exact) mass is 341 g/mol. The smallest absolute Gasteiger partial charge is 0.335 e. The Morgan fingerprint density at radius 1 is 1.32 bits per heavy atom. The molecule has 0 radical (unpaired) electrons. The molecule has 0 saturated carbocycles. The van der Waals surface area contributed by atoms with Crippen LogP contribution < -0.4 is 11.0 Å². The molecule has 3 atom stereocenters. The third-order valence-corrected chi connectivity index (χ3v) is 5.52. The molecule has 0 aliphatic carbocycles. The maximum atomic E-state index is 12.9. The van der Waals surface area contributed by atoms with Crippen molar-refractivity contribution in [2.45, 2.75) is 25.8 Å². The van der Waals surface area contributed by atoms with Gasteiger partial charge in [0.15, 0.2) is 0 Å². The molecule has 3 N–H and O–H groups in total. The third-order valence-electron chi connectivity index (χ3n) is 5.52. The van der Waals surface area contributed by atoms with Crippen molar-refractivity contribution in [2.75, 3.05) is 19.6 Å². The molecule has 2 aliphatic rings. The van der Waals surface area contributed by atoms with E-state index < -0.39 is 0 Å². The SMILES string of the molecule is Cc1ccccc1[C@@H]1[C@H]2CNC[C@H]2CN1C(=O)CCc1n[nH]c(=O)[nH]1. The molecule has 2 aliphatic heterocycles. The van der Waals surface area contributed by atoms with Gasteiger partial charge in [-0.25, -0.2) is 9.89 Å². The number of amides is 1. The summed E-state index contributed by atoms with van der Waals surface area (Å²) in [5.74, 6) is 1.65. The Balaban J connectivity index is 1.55. The lowest BCUT2D eigenvalue weighted by molar-refractivity contribution is -0.132. The first kappa shape index (κ1) is 16.1. The zero-order valence-corrected chi connectivity index (χ0v) is 14.3. The number of H-pyrrole nitrogens is 2. The quantitative estimate of drug-likeness (QED) is 0.765. The van der Waals surface area contributed by atoms with Crippen LogP contribution in [0.25, 0.3) is 0 Å². The van der Waals surface area contributed by atoms with E-state index in [1.54, 1.807) is 0 Å². The Hall–Kier alpha value is -2.41. The molecule has 4 rings (SSSR count). The van der Waals surface area contributed by atoms with Crippen LogP contribution in [-0.2, 0) is 11.2 Å². The maximum Gasteiger partial charge on any atom is 0.340 e. The minimum atomic E-state index is -0.331. The van der Waals surface area contributed by atoms with Crippen LogP contribution in [0.2, 0.25) is 0 Å². The number of aryl methyl sites for hydroxylation is 2. The molecule has 7 heteroatoms. The van der Waals surface area contributed by atoms with Gasteiger partial charge in [-0.15, -0.1) is 0 Å². The minimum absolute atomic E-state index is 0.131. The van der Waals surface area contributed by atoms with Crippen LogP contribution in [0.15, 0.2) is 29.1 Å². The molecular formula is C18H23N5O2. The summed E-state index contributed by atoms with van der Waals surface area (Å²) in [5, 5.41) is 9.70. The lowest BCUT2D eigenvalue weighted by Gasteiger charge is -2.29. The standard InChI is InChI=1S/C18H23N5O2/c1-11-4-2-3-5-13(11)17-14-9-19-8-12(14)10-23(17)16(24)7-6-15-20-18(25)22-21-15/h2-5,12,14,17,19H,6-10H2,1H3,(H2,20,21,22,25)/t12-,14-,17+/m0/s1. The van der Waals surface area contributed by atoms with Gasteiger partial charge in [-0.1, -0.05) is 24.3 Å². The summed E-state index contributed by atoms with van der Waals surface area (Å²) in [6.45, 7) is 4.85. The van der Waals surface area contributed by atoms with Gasteiger partial charge < -0.3 is 10.2 Å². The molecule has 2 saturated heterocycles. The van der Waals surface area contributed by atoms with Crippen LogP contribution in [0.5, 0.6) is 0 Å². The van der Waals surface area contributed by atoms with E-state index >= 15 is 0 Å². The number of likely N-dealkylation sites (tertiary alicyclic amines) is 1. The van der Waals surface area contributed by atoms with Crippen LogP contribution in [-0.4, -0.2) is 45.6 Å². The van der Waals surface area contributed by atoms with Gasteiger partial charge in [0.2, 0.25) is 5.91 Å². The van der Waals surface area contributed by atoms with E-state index in [4.69, 9.17) is 0 Å². The number of hydrogen-bond acceptors (Lipinski definition) is 4. The average Bonchev–Trinajstić information content (AvgIpc) is 3.29. The number of hydrogen-bond donors (Lipinski definition) is 3. The topological polar surface area (TPSA) is 93.9 Å². The van der Waals surface area contributed by atoms with Crippen molar-refractivity contribution in [2.24, 2.45) is 11.8 Å². The fourth-order valence-corrected chi connectivity index (χ4v) is 4.29. The van der Waals surface area contributed by atoms with Crippen LogP contribution in [0.3, 0.4) is 0 Å². The van der Waals surface area contributed by atoms with Gasteiger partial charge in [-0.2, -0.15) is 5.10 Å². The van der Waals surface area contributed by atoms with Gasteiger partial charge in [0.05, 0.1) is 6.04 Å². The van der Waals surface area contributed by atoms with Gasteiger partial charge in [0.25, 0.3) is 0 Å². The molecule has 132 valence electrons. The van der Waals surface area contributed by atoms with Crippen molar-refractivity contribution < 1.29 is 4.79 Å². The highest BCUT2D eigenvalue weighted by Crippen LogP contribution is 2.43. The molecule has 0 bridgehead atoms. The summed E-state index contributed by atoms with van der Waals surface area (Å²) >= 11 is 0. The molecule has 2 fully saturated rings. The van der Waals surface area contributed by atoms with Gasteiger partial charge in [-0.3, -0.25) is 9.78 Å². The Morgan fingerprint density at radius 2 is 2.16 bits per heavy atom. The van der Waals surface area contributed by atoms with Crippen molar-refractivity contribution in [3.63, 3.8) is 0 Å². The molecule has 1 aromatic heterocycles. The molecule has 0 spiro atoms. The number of rotatable bonds is 4. The van der Waals surface area contributed by atoms with Crippen molar-refractivity contribution in [1.82, 2.24) is 25.4 Å². The van der Waals surface area contributed by atoms with E-state index in [1.807, 2.05) is 11.0 Å². The van der Waals surface area contributed by atoms with Crippen LogP contribution in [0.1, 0.15) is 29.4 Å². The summed E-state index contributed by atoms with van der Waals surface area (Å²) in [6.07, 6.45) is 0.804. The molecule has 1 amide bonds. The summed E-state index contributed by atoms with van der Waals surface area (Å²) in [7, 11) is 0. The molecule has 1 aromatic carbocycles. The summed E-state index contributed by atoms with van der Waals surface area (Å²) in [6, 6.07) is 8.48. The number of aromatic nitrogens is 3. The molecule has 7 nitrogen and oxygen atoms in total. The van der Waals surface area contributed by atoms with Crippen LogP contribution in [0.4, 0.5) is 0 Å². The lowest BCUT2D eigenvalue weighted by Crippen LogP contribution is -2.35. The number of carbonyl (C=O) groups is 1. The summed E-state index contributed by atoms with van der Waals surface area (Å²) < 4.78 is 0. The van der Waals surface area contributed by atoms with Gasteiger partial charge in [0.1, 0.15) is 5.82 Å². The lowest BCUT2D eigenvalue weighted by atomic mass is 9.87. The number of fused-ring (bicyclic) bond motifs is 1. The first-order valence-electron chi connectivity index (χ1n) is 8.83. The van der Waals surface area contributed by atoms with E-state index in [2.05, 4.69) is 45.6 Å². The number of nitrogens with one attached hydrogen (secondary N) is 3. The van der Waals surface area contributed by atoms with Gasteiger partial charge >= 0.3 is 5.69 Å². The maximum absolute atomic E-state index is 12.9. The van der Waals surface area contributed by atoms with Crippen molar-refractivity contribution in [3.05, 3.63) is 51.7 Å². The van der Waals surface area contributed by atoms with Gasteiger partial charge in [0, 0.05) is 38.4 Å². The Morgan fingerprint density at radius 3 is 2.92 bits per heavy atom. The molecule has 25 heavy (non-hydrogen) atoms. The van der Waals surface area contributed by atoms with E-state index in [0.717, 1.165) is 19.6 Å². The van der Waals surface area contributed by atoms with Crippen molar-refractivity contribution >= 4 is 5.91 Å². The minimum Gasteiger partial charge on any atom is -0.335 e. The molecular weight excluding hydrogens is 318 g/mol. The zero-order valence-electron chi connectivity index (χ0n) is 14.3. The van der Waals surface area contributed by atoms with E-state index in [1.165, 1.54) is 11.1 Å². The van der Waals surface area contributed by atoms with E-state index in [9.17, 15) is 9.59 Å². The highest BCUT2D eigenvalue weighted by Gasteiger charge is 2.46. The first-order chi connectivity index (χ1) is 12.1. The van der Waals surface area contributed by atoms with Crippen LogP contribution in [0, 0.1) is 18.8 Å². The number of benzene rings is 1.